The van der Waals surface area contributed by atoms with Gasteiger partial charge in [0.15, 0.2) is 34.5 Å². The van der Waals surface area contributed by atoms with Crippen LogP contribution in [0, 0.1) is 0 Å². The van der Waals surface area contributed by atoms with Crippen molar-refractivity contribution >= 4 is 21.8 Å². The first-order chi connectivity index (χ1) is 30.6. The third-order valence-electron chi connectivity index (χ3n) is 9.88. The molecule has 0 atom stereocenters. The molecule has 0 amide bonds. The molecule has 6 aromatic carbocycles. The van der Waals surface area contributed by atoms with E-state index >= 15 is 0 Å². The van der Waals surface area contributed by atoms with Crippen molar-refractivity contribution in [3.63, 3.8) is 0 Å². The molecule has 8 aromatic rings. The minimum Gasteiger partial charge on any atom is -0.493 e. The number of nitrogens with zero attached hydrogens (tertiary/aromatic N) is 4. The summed E-state index contributed by atoms with van der Waals surface area (Å²) in [4.78, 5) is 17.7. The quantitative estimate of drug-likeness (QED) is 0.110. The monoisotopic (exact) mass is 856 g/mol. The first-order valence-corrected chi connectivity index (χ1v) is 19.8. The van der Waals surface area contributed by atoms with E-state index in [2.05, 4.69) is 36.8 Å². The standard InChI is InChI=1S/C26H26N2O4.C23H17F3N2O3/c1-5-31-23-12-8-18(14-25(23)32-6-2)17-7-10-21-20(13-17)26(28-16-27-21)19-9-11-22(29-3)24(15-19)30-4;1-29-20-10-6-16(12-21(20)30-2)15-5-9-19-18(11-15)22(28-13-27-19)14-3-7-17(8-4-14)31-23(24,25)26/h7-16H,5-6H2,1-4H3;3-13H,1-2H3. The van der Waals surface area contributed by atoms with E-state index in [0.29, 0.717) is 53.0 Å². The van der Waals surface area contributed by atoms with Gasteiger partial charge in [0, 0.05) is 21.9 Å². The summed E-state index contributed by atoms with van der Waals surface area (Å²) in [5, 5.41) is 1.71. The minimum absolute atomic E-state index is 0.291. The molecular weight excluding hydrogens is 814 g/mol. The molecule has 2 aromatic heterocycles. The number of ether oxygens (including phenoxy) is 7. The maximum atomic E-state index is 12.4. The van der Waals surface area contributed by atoms with E-state index in [4.69, 9.17) is 28.4 Å². The highest BCUT2D eigenvalue weighted by molar-refractivity contribution is 5.96. The van der Waals surface area contributed by atoms with E-state index in [1.54, 1.807) is 34.8 Å². The zero-order valence-corrected chi connectivity index (χ0v) is 35.3. The first kappa shape index (κ1) is 43.5. The Balaban J connectivity index is 0.000000189. The van der Waals surface area contributed by atoms with Crippen molar-refractivity contribution in [2.24, 2.45) is 0 Å². The Bertz CT molecular complexity index is 2860. The molecule has 0 fully saturated rings. The van der Waals surface area contributed by atoms with Gasteiger partial charge in [-0.05, 0) is 127 Å². The molecule has 0 radical (unpaired) electrons. The van der Waals surface area contributed by atoms with Crippen LogP contribution in [0.3, 0.4) is 0 Å². The van der Waals surface area contributed by atoms with Gasteiger partial charge in [-0.1, -0.05) is 24.3 Å². The van der Waals surface area contributed by atoms with Gasteiger partial charge < -0.3 is 33.2 Å². The number of hydrogen-bond acceptors (Lipinski definition) is 11. The average molecular weight is 857 g/mol. The zero-order valence-electron chi connectivity index (χ0n) is 35.3. The molecule has 11 nitrogen and oxygen atoms in total. The van der Waals surface area contributed by atoms with Crippen molar-refractivity contribution in [3.8, 4) is 85.0 Å². The Kier molecular flexibility index (Phi) is 13.4. The number of methoxy groups -OCH3 is 4. The summed E-state index contributed by atoms with van der Waals surface area (Å²) >= 11 is 0. The Morgan fingerprint density at radius 2 is 0.810 bits per heavy atom. The van der Waals surface area contributed by atoms with Gasteiger partial charge >= 0.3 is 6.36 Å². The predicted octanol–water partition coefficient (Wildman–Crippen LogP) is 11.7. The smallest absolute Gasteiger partial charge is 0.493 e. The molecule has 0 saturated carbocycles. The molecule has 63 heavy (non-hydrogen) atoms. The molecular formula is C49H43F3N4O7. The number of halogens is 3. The lowest BCUT2D eigenvalue weighted by molar-refractivity contribution is -0.274. The van der Waals surface area contributed by atoms with E-state index in [1.807, 2.05) is 92.7 Å². The van der Waals surface area contributed by atoms with E-state index in [9.17, 15) is 13.2 Å². The molecule has 0 saturated heterocycles. The third kappa shape index (κ3) is 9.97. The van der Waals surface area contributed by atoms with Gasteiger partial charge in [-0.15, -0.1) is 13.2 Å². The molecule has 0 aliphatic rings. The van der Waals surface area contributed by atoms with Crippen molar-refractivity contribution in [3.05, 3.63) is 128 Å². The van der Waals surface area contributed by atoms with Gasteiger partial charge in [0.1, 0.15) is 18.4 Å². The zero-order chi connectivity index (χ0) is 44.5. The second-order valence-corrected chi connectivity index (χ2v) is 13.6. The number of rotatable bonds is 13. The van der Waals surface area contributed by atoms with Crippen LogP contribution in [-0.4, -0.2) is 68.0 Å². The van der Waals surface area contributed by atoms with Crippen LogP contribution in [0.15, 0.2) is 128 Å². The molecule has 2 heterocycles. The molecule has 322 valence electrons. The Morgan fingerprint density at radius 1 is 0.413 bits per heavy atom. The number of alkyl halides is 3. The molecule has 0 spiro atoms. The molecule has 14 heteroatoms. The van der Waals surface area contributed by atoms with E-state index in [-0.39, 0.29) is 5.75 Å². The van der Waals surface area contributed by atoms with Crippen molar-refractivity contribution in [2.75, 3.05) is 41.7 Å². The van der Waals surface area contributed by atoms with E-state index in [1.165, 1.54) is 30.6 Å². The Morgan fingerprint density at radius 3 is 1.30 bits per heavy atom. The van der Waals surface area contributed by atoms with Crippen molar-refractivity contribution in [1.29, 1.82) is 0 Å². The lowest BCUT2D eigenvalue weighted by atomic mass is 10.00. The maximum absolute atomic E-state index is 12.4. The van der Waals surface area contributed by atoms with Gasteiger partial charge in [-0.2, -0.15) is 0 Å². The molecule has 0 N–H and O–H groups in total. The fraction of sp³-hybridized carbons (Fsp3) is 0.184. The summed E-state index contributed by atoms with van der Waals surface area (Å²) in [7, 11) is 6.39. The fourth-order valence-electron chi connectivity index (χ4n) is 6.98. The molecule has 8 rings (SSSR count). The average Bonchev–Trinajstić information content (AvgIpc) is 3.31. The van der Waals surface area contributed by atoms with Crippen LogP contribution in [0.4, 0.5) is 13.2 Å². The van der Waals surface area contributed by atoms with Crippen LogP contribution in [-0.2, 0) is 0 Å². The largest absolute Gasteiger partial charge is 0.573 e. The van der Waals surface area contributed by atoms with Gasteiger partial charge in [0.2, 0.25) is 0 Å². The van der Waals surface area contributed by atoms with Gasteiger partial charge in [-0.25, -0.2) is 19.9 Å². The van der Waals surface area contributed by atoms with Crippen molar-refractivity contribution in [1.82, 2.24) is 19.9 Å². The molecule has 0 unspecified atom stereocenters. The van der Waals surface area contributed by atoms with Gasteiger partial charge in [0.25, 0.3) is 0 Å². The number of hydrogen-bond donors (Lipinski definition) is 0. The van der Waals surface area contributed by atoms with E-state index in [0.717, 1.165) is 61.3 Å². The number of aromatic nitrogens is 4. The topological polar surface area (TPSA) is 116 Å². The predicted molar refractivity (Wildman–Crippen MR) is 236 cm³/mol. The fourth-order valence-corrected chi connectivity index (χ4v) is 6.98. The molecule has 0 aliphatic heterocycles. The molecule has 0 bridgehead atoms. The summed E-state index contributed by atoms with van der Waals surface area (Å²) in [5.41, 5.74) is 8.46. The van der Waals surface area contributed by atoms with Gasteiger partial charge in [-0.3, -0.25) is 0 Å². The summed E-state index contributed by atoms with van der Waals surface area (Å²) < 4.78 is 74.2. The van der Waals surface area contributed by atoms with Crippen LogP contribution in [0.2, 0.25) is 0 Å². The van der Waals surface area contributed by atoms with Crippen LogP contribution in [0.25, 0.3) is 66.6 Å². The number of fused-ring (bicyclic) bond motifs is 2. The summed E-state index contributed by atoms with van der Waals surface area (Å²) in [6, 6.07) is 34.9. The molecule has 0 aliphatic carbocycles. The Labute approximate surface area is 362 Å². The van der Waals surface area contributed by atoms with Crippen LogP contribution in [0.5, 0.6) is 40.2 Å². The normalized spacial score (nSPS) is 11.1. The second-order valence-electron chi connectivity index (χ2n) is 13.6. The highest BCUT2D eigenvalue weighted by atomic mass is 19.4. The van der Waals surface area contributed by atoms with Crippen LogP contribution >= 0.6 is 0 Å². The summed E-state index contributed by atoms with van der Waals surface area (Å²) in [5.74, 6) is 3.74. The minimum atomic E-state index is -4.74. The SMILES string of the molecule is CCOc1ccc(-c2ccc3ncnc(-c4ccc(OC)c(OC)c4)c3c2)cc1OCC.COc1ccc(-c2ccc3ncnc(-c4ccc(OC(F)(F)F)cc4)c3c2)cc1OC. The highest BCUT2D eigenvalue weighted by Gasteiger charge is 2.31. The van der Waals surface area contributed by atoms with E-state index < -0.39 is 6.36 Å². The van der Waals surface area contributed by atoms with Crippen LogP contribution in [0.1, 0.15) is 13.8 Å². The second kappa shape index (κ2) is 19.4. The Hall–Kier alpha value is -7.61. The third-order valence-corrected chi connectivity index (χ3v) is 9.88. The highest BCUT2D eigenvalue weighted by Crippen LogP contribution is 2.39. The maximum Gasteiger partial charge on any atom is 0.573 e. The first-order valence-electron chi connectivity index (χ1n) is 19.8. The summed E-state index contributed by atoms with van der Waals surface area (Å²) in [6.45, 7) is 5.08. The lowest BCUT2D eigenvalue weighted by Crippen LogP contribution is -2.16. The summed E-state index contributed by atoms with van der Waals surface area (Å²) in [6.07, 6.45) is -1.73. The van der Waals surface area contributed by atoms with Crippen molar-refractivity contribution in [2.45, 2.75) is 20.2 Å². The van der Waals surface area contributed by atoms with Crippen molar-refractivity contribution < 1.29 is 46.3 Å². The number of benzene rings is 6. The lowest BCUT2D eigenvalue weighted by Gasteiger charge is -2.14. The van der Waals surface area contributed by atoms with Crippen LogP contribution < -0.4 is 33.2 Å². The van der Waals surface area contributed by atoms with Gasteiger partial charge in [0.05, 0.1) is 64.1 Å².